The molecule has 17 heavy (non-hydrogen) atoms. The van der Waals surface area contributed by atoms with Crippen molar-refractivity contribution >= 4 is 11.9 Å². The van der Waals surface area contributed by atoms with Crippen LogP contribution in [0.15, 0.2) is 18.5 Å². The van der Waals surface area contributed by atoms with Crippen molar-refractivity contribution in [1.29, 1.82) is 0 Å². The summed E-state index contributed by atoms with van der Waals surface area (Å²) in [6.45, 7) is 3.64. The Morgan fingerprint density at radius 1 is 1.53 bits per heavy atom. The van der Waals surface area contributed by atoms with Gasteiger partial charge in [-0.15, -0.1) is 0 Å². The van der Waals surface area contributed by atoms with E-state index in [0.29, 0.717) is 5.95 Å². The second-order valence-electron chi connectivity index (χ2n) is 4.19. The van der Waals surface area contributed by atoms with E-state index in [-0.39, 0.29) is 11.9 Å². The first kappa shape index (κ1) is 11.8. The van der Waals surface area contributed by atoms with E-state index in [1.54, 1.807) is 18.5 Å². The van der Waals surface area contributed by atoms with Crippen LogP contribution in [0.25, 0.3) is 0 Å². The molecule has 2 rings (SSSR count). The Morgan fingerprint density at radius 3 is 3.00 bits per heavy atom. The van der Waals surface area contributed by atoms with Crippen LogP contribution in [0.1, 0.15) is 26.2 Å². The summed E-state index contributed by atoms with van der Waals surface area (Å²) in [6, 6.07) is 1.68. The van der Waals surface area contributed by atoms with Crippen LogP contribution < -0.4 is 10.2 Å². The molecule has 1 fully saturated rings. The Morgan fingerprint density at radius 2 is 2.29 bits per heavy atom. The highest BCUT2D eigenvalue weighted by molar-refractivity contribution is 5.85. The highest BCUT2D eigenvalue weighted by Gasteiger charge is 2.31. The molecule has 1 amide bonds. The maximum absolute atomic E-state index is 12.0. The minimum atomic E-state index is -0.107. The van der Waals surface area contributed by atoms with E-state index >= 15 is 0 Å². The van der Waals surface area contributed by atoms with Gasteiger partial charge in [0.1, 0.15) is 6.04 Å². The van der Waals surface area contributed by atoms with E-state index in [0.717, 1.165) is 32.4 Å². The highest BCUT2D eigenvalue weighted by atomic mass is 16.2. The Hall–Kier alpha value is -1.65. The number of carbonyl (C=O) groups excluding carboxylic acids is 1. The van der Waals surface area contributed by atoms with E-state index in [4.69, 9.17) is 0 Å². The third-order valence-corrected chi connectivity index (χ3v) is 2.91. The Kier molecular flexibility index (Phi) is 3.90. The summed E-state index contributed by atoms with van der Waals surface area (Å²) < 4.78 is 0. The average molecular weight is 234 g/mol. The minimum Gasteiger partial charge on any atom is -0.354 e. The van der Waals surface area contributed by atoms with Gasteiger partial charge in [0.15, 0.2) is 0 Å². The third-order valence-electron chi connectivity index (χ3n) is 2.91. The predicted octanol–water partition coefficient (Wildman–Crippen LogP) is 0.972. The van der Waals surface area contributed by atoms with Gasteiger partial charge >= 0.3 is 0 Å². The van der Waals surface area contributed by atoms with Crippen LogP contribution in [0.3, 0.4) is 0 Å². The molecule has 0 saturated carbocycles. The molecule has 1 aliphatic heterocycles. The molecule has 0 unspecified atom stereocenters. The molecule has 0 aromatic carbocycles. The van der Waals surface area contributed by atoms with Gasteiger partial charge in [-0.25, -0.2) is 9.97 Å². The Bertz CT molecular complexity index is 368. The van der Waals surface area contributed by atoms with Crippen molar-refractivity contribution in [2.75, 3.05) is 18.0 Å². The molecule has 0 aliphatic carbocycles. The van der Waals surface area contributed by atoms with Gasteiger partial charge in [-0.2, -0.15) is 0 Å². The molecule has 1 aliphatic rings. The molecule has 1 N–H and O–H groups in total. The van der Waals surface area contributed by atoms with Gasteiger partial charge in [0, 0.05) is 25.5 Å². The molecule has 1 saturated heterocycles. The maximum Gasteiger partial charge on any atom is 0.242 e. The summed E-state index contributed by atoms with van der Waals surface area (Å²) in [7, 11) is 0. The predicted molar refractivity (Wildman–Crippen MR) is 65.7 cm³/mol. The molecular formula is C12H18N4O. The van der Waals surface area contributed by atoms with Gasteiger partial charge in [-0.1, -0.05) is 6.92 Å². The zero-order valence-corrected chi connectivity index (χ0v) is 10.1. The second kappa shape index (κ2) is 5.61. The normalized spacial score (nSPS) is 19.4. The molecule has 0 radical (unpaired) electrons. The van der Waals surface area contributed by atoms with E-state index in [2.05, 4.69) is 15.3 Å². The summed E-state index contributed by atoms with van der Waals surface area (Å²) in [4.78, 5) is 22.4. The first-order valence-corrected chi connectivity index (χ1v) is 6.14. The first-order chi connectivity index (χ1) is 8.33. The average Bonchev–Trinajstić information content (AvgIpc) is 2.86. The molecule has 1 atom stereocenters. The van der Waals surface area contributed by atoms with Crippen molar-refractivity contribution in [2.24, 2.45) is 0 Å². The standard InChI is InChI=1S/C12H18N4O/c1-2-6-13-11(17)10-5-3-9-16(10)12-14-7-4-8-15-12/h4,7-8,10H,2-3,5-6,9H2,1H3,(H,13,17)/t10-/m0/s1. The van der Waals surface area contributed by atoms with Gasteiger partial charge in [-0.3, -0.25) is 4.79 Å². The Labute approximate surface area is 101 Å². The van der Waals surface area contributed by atoms with Crippen molar-refractivity contribution in [3.63, 3.8) is 0 Å². The molecule has 0 bridgehead atoms. The molecule has 2 heterocycles. The first-order valence-electron chi connectivity index (χ1n) is 6.14. The summed E-state index contributed by atoms with van der Waals surface area (Å²) in [5.74, 6) is 0.749. The van der Waals surface area contributed by atoms with Crippen LogP contribution in [-0.2, 0) is 4.79 Å². The number of hydrogen-bond donors (Lipinski definition) is 1. The summed E-state index contributed by atoms with van der Waals surface area (Å²) in [6.07, 6.45) is 6.28. The van der Waals surface area contributed by atoms with Gasteiger partial charge in [0.2, 0.25) is 11.9 Å². The fourth-order valence-electron chi connectivity index (χ4n) is 2.08. The van der Waals surface area contributed by atoms with Crippen LogP contribution in [0.5, 0.6) is 0 Å². The lowest BCUT2D eigenvalue weighted by atomic mass is 10.2. The molecular weight excluding hydrogens is 216 g/mol. The van der Waals surface area contributed by atoms with E-state index < -0.39 is 0 Å². The summed E-state index contributed by atoms with van der Waals surface area (Å²) in [5, 5.41) is 2.94. The zero-order valence-electron chi connectivity index (χ0n) is 10.1. The highest BCUT2D eigenvalue weighted by Crippen LogP contribution is 2.21. The zero-order chi connectivity index (χ0) is 12.1. The summed E-state index contributed by atoms with van der Waals surface area (Å²) in [5.41, 5.74) is 0. The summed E-state index contributed by atoms with van der Waals surface area (Å²) >= 11 is 0. The fourth-order valence-corrected chi connectivity index (χ4v) is 2.08. The van der Waals surface area contributed by atoms with Crippen molar-refractivity contribution in [2.45, 2.75) is 32.2 Å². The Balaban J connectivity index is 2.05. The lowest BCUT2D eigenvalue weighted by Gasteiger charge is -2.23. The van der Waals surface area contributed by atoms with Crippen LogP contribution in [-0.4, -0.2) is 35.0 Å². The van der Waals surface area contributed by atoms with E-state index in [9.17, 15) is 4.79 Å². The maximum atomic E-state index is 12.0. The monoisotopic (exact) mass is 234 g/mol. The molecule has 92 valence electrons. The van der Waals surface area contributed by atoms with Gasteiger partial charge < -0.3 is 10.2 Å². The van der Waals surface area contributed by atoms with Gasteiger partial charge in [0.05, 0.1) is 0 Å². The largest absolute Gasteiger partial charge is 0.354 e. The number of rotatable bonds is 4. The number of nitrogens with zero attached hydrogens (tertiary/aromatic N) is 3. The number of hydrogen-bond acceptors (Lipinski definition) is 4. The second-order valence-corrected chi connectivity index (χ2v) is 4.19. The number of nitrogens with one attached hydrogen (secondary N) is 1. The quantitative estimate of drug-likeness (QED) is 0.843. The molecule has 5 nitrogen and oxygen atoms in total. The van der Waals surface area contributed by atoms with E-state index in [1.165, 1.54) is 0 Å². The molecule has 1 aromatic heterocycles. The lowest BCUT2D eigenvalue weighted by molar-refractivity contribution is -0.122. The lowest BCUT2D eigenvalue weighted by Crippen LogP contribution is -2.44. The molecule has 0 spiro atoms. The van der Waals surface area contributed by atoms with Crippen LogP contribution in [0.2, 0.25) is 0 Å². The number of anilines is 1. The van der Waals surface area contributed by atoms with Crippen molar-refractivity contribution in [3.8, 4) is 0 Å². The van der Waals surface area contributed by atoms with Crippen molar-refractivity contribution in [3.05, 3.63) is 18.5 Å². The molecule has 5 heteroatoms. The van der Waals surface area contributed by atoms with Crippen LogP contribution >= 0.6 is 0 Å². The number of amides is 1. The van der Waals surface area contributed by atoms with Crippen LogP contribution in [0, 0.1) is 0 Å². The van der Waals surface area contributed by atoms with Crippen LogP contribution in [0.4, 0.5) is 5.95 Å². The van der Waals surface area contributed by atoms with Gasteiger partial charge in [0.25, 0.3) is 0 Å². The third kappa shape index (κ3) is 2.72. The number of aromatic nitrogens is 2. The smallest absolute Gasteiger partial charge is 0.242 e. The van der Waals surface area contributed by atoms with Crippen molar-refractivity contribution < 1.29 is 4.79 Å². The van der Waals surface area contributed by atoms with Gasteiger partial charge in [-0.05, 0) is 25.3 Å². The van der Waals surface area contributed by atoms with Crippen molar-refractivity contribution in [1.82, 2.24) is 15.3 Å². The topological polar surface area (TPSA) is 58.1 Å². The number of carbonyl (C=O) groups is 1. The molecule has 1 aromatic rings. The SMILES string of the molecule is CCCNC(=O)[C@@H]1CCCN1c1ncccn1. The fraction of sp³-hybridized carbons (Fsp3) is 0.583. The minimum absolute atomic E-state index is 0.0943. The van der Waals surface area contributed by atoms with E-state index in [1.807, 2.05) is 11.8 Å².